The van der Waals surface area contributed by atoms with Crippen LogP contribution in [0.4, 0.5) is 5.13 Å². The fourth-order valence-electron chi connectivity index (χ4n) is 2.07. The predicted octanol–water partition coefficient (Wildman–Crippen LogP) is 3.66. The van der Waals surface area contributed by atoms with Crippen molar-refractivity contribution in [1.29, 1.82) is 0 Å². The first-order chi connectivity index (χ1) is 10.4. The number of anilines is 1. The van der Waals surface area contributed by atoms with Crippen LogP contribution in [-0.2, 0) is 4.79 Å². The highest BCUT2D eigenvalue weighted by Gasteiger charge is 2.21. The maximum absolute atomic E-state index is 12.1. The molecule has 1 N–H and O–H groups in total. The summed E-state index contributed by atoms with van der Waals surface area (Å²) in [5, 5.41) is 6.45. The summed E-state index contributed by atoms with van der Waals surface area (Å²) in [4.78, 5) is 24.0. The van der Waals surface area contributed by atoms with E-state index in [0.29, 0.717) is 17.6 Å². The van der Waals surface area contributed by atoms with E-state index in [4.69, 9.17) is 0 Å². The van der Waals surface area contributed by atoms with Gasteiger partial charge in [-0.25, -0.2) is 9.97 Å². The van der Waals surface area contributed by atoms with Gasteiger partial charge >= 0.3 is 0 Å². The average molecular weight is 339 g/mol. The first-order valence-electron chi connectivity index (χ1n) is 7.25. The lowest BCUT2D eigenvalue weighted by molar-refractivity contribution is -0.117. The van der Waals surface area contributed by atoms with Gasteiger partial charge in [-0.1, -0.05) is 13.8 Å². The van der Waals surface area contributed by atoms with Crippen LogP contribution in [0.5, 0.6) is 0 Å². The van der Waals surface area contributed by atoms with E-state index in [1.165, 1.54) is 16.2 Å². The minimum Gasteiger partial charge on any atom is -0.301 e. The lowest BCUT2D eigenvalue weighted by atomic mass is 10.2. The van der Waals surface area contributed by atoms with Crippen molar-refractivity contribution in [1.82, 2.24) is 14.9 Å². The number of rotatable bonds is 6. The van der Waals surface area contributed by atoms with Crippen LogP contribution in [0.1, 0.15) is 48.3 Å². The van der Waals surface area contributed by atoms with E-state index in [-0.39, 0.29) is 11.9 Å². The lowest BCUT2D eigenvalue weighted by Crippen LogP contribution is -2.32. The number of nitrogens with zero attached hydrogens (tertiary/aromatic N) is 3. The summed E-state index contributed by atoms with van der Waals surface area (Å²) >= 11 is 3.16. The van der Waals surface area contributed by atoms with E-state index in [1.54, 1.807) is 17.5 Å². The largest absolute Gasteiger partial charge is 0.301 e. The molecule has 2 rings (SSSR count). The second kappa shape index (κ2) is 7.30. The SMILES string of the molecule is Cc1nc(C(C)C)sc1[C@@H](C)N(C)CC(=O)Nc1nccs1. The smallest absolute Gasteiger partial charge is 0.240 e. The third-order valence-corrected chi connectivity index (χ3v) is 5.77. The summed E-state index contributed by atoms with van der Waals surface area (Å²) in [6.07, 6.45) is 1.68. The first-order valence-corrected chi connectivity index (χ1v) is 8.95. The Balaban J connectivity index is 1.99. The van der Waals surface area contributed by atoms with Gasteiger partial charge in [-0.2, -0.15) is 0 Å². The molecule has 2 aromatic heterocycles. The predicted molar refractivity (Wildman–Crippen MR) is 92.7 cm³/mol. The zero-order valence-corrected chi connectivity index (χ0v) is 15.2. The molecule has 0 unspecified atom stereocenters. The number of carbonyl (C=O) groups is 1. The molecule has 7 heteroatoms. The first kappa shape index (κ1) is 17.1. The molecule has 0 saturated carbocycles. The number of hydrogen-bond donors (Lipinski definition) is 1. The summed E-state index contributed by atoms with van der Waals surface area (Å²) < 4.78 is 0. The summed E-state index contributed by atoms with van der Waals surface area (Å²) in [7, 11) is 1.96. The molecule has 22 heavy (non-hydrogen) atoms. The molecule has 1 amide bonds. The van der Waals surface area contributed by atoms with Gasteiger partial charge in [0, 0.05) is 28.4 Å². The van der Waals surface area contributed by atoms with Gasteiger partial charge in [0.15, 0.2) is 5.13 Å². The van der Waals surface area contributed by atoms with Crippen LogP contribution < -0.4 is 5.32 Å². The molecule has 0 spiro atoms. The number of carbonyl (C=O) groups excluding carboxylic acids is 1. The van der Waals surface area contributed by atoms with E-state index in [1.807, 2.05) is 24.3 Å². The zero-order valence-electron chi connectivity index (χ0n) is 13.6. The van der Waals surface area contributed by atoms with Crippen LogP contribution in [-0.4, -0.2) is 34.4 Å². The molecule has 2 heterocycles. The van der Waals surface area contributed by atoms with Crippen molar-refractivity contribution < 1.29 is 4.79 Å². The Morgan fingerprint density at radius 3 is 2.68 bits per heavy atom. The number of aryl methyl sites for hydroxylation is 1. The third kappa shape index (κ3) is 4.12. The van der Waals surface area contributed by atoms with Crippen molar-refractivity contribution in [2.45, 2.75) is 39.7 Å². The second-order valence-corrected chi connectivity index (χ2v) is 7.59. The molecule has 0 fully saturated rings. The van der Waals surface area contributed by atoms with Crippen LogP contribution in [0.3, 0.4) is 0 Å². The molecule has 5 nitrogen and oxygen atoms in total. The number of thiazole rings is 2. The van der Waals surface area contributed by atoms with Crippen molar-refractivity contribution in [3.63, 3.8) is 0 Å². The highest BCUT2D eigenvalue weighted by atomic mass is 32.1. The number of amides is 1. The summed E-state index contributed by atoms with van der Waals surface area (Å²) in [6, 6.07) is 0.159. The Hall–Kier alpha value is -1.31. The Morgan fingerprint density at radius 2 is 2.14 bits per heavy atom. The van der Waals surface area contributed by atoms with E-state index < -0.39 is 0 Å². The number of nitrogens with one attached hydrogen (secondary N) is 1. The molecule has 0 aliphatic carbocycles. The van der Waals surface area contributed by atoms with Gasteiger partial charge in [0.05, 0.1) is 17.2 Å². The number of likely N-dealkylation sites (N-methyl/N-ethyl adjacent to an activating group) is 1. The lowest BCUT2D eigenvalue weighted by Gasteiger charge is -2.23. The average Bonchev–Trinajstić information content (AvgIpc) is 3.07. The Morgan fingerprint density at radius 1 is 1.41 bits per heavy atom. The minimum absolute atomic E-state index is 0.0458. The Kier molecular flexibility index (Phi) is 5.66. The molecule has 0 saturated heterocycles. The van der Waals surface area contributed by atoms with E-state index >= 15 is 0 Å². The van der Waals surface area contributed by atoms with Crippen LogP contribution in [0.2, 0.25) is 0 Å². The van der Waals surface area contributed by atoms with Gasteiger partial charge in [0.25, 0.3) is 0 Å². The van der Waals surface area contributed by atoms with Crippen molar-refractivity contribution in [2.75, 3.05) is 18.9 Å². The van der Waals surface area contributed by atoms with E-state index in [0.717, 1.165) is 10.7 Å². The zero-order chi connectivity index (χ0) is 16.3. The molecule has 0 radical (unpaired) electrons. The summed E-state index contributed by atoms with van der Waals surface area (Å²) in [5.41, 5.74) is 1.06. The molecule has 0 aliphatic rings. The number of hydrogen-bond acceptors (Lipinski definition) is 6. The molecule has 2 aromatic rings. The van der Waals surface area contributed by atoms with Crippen molar-refractivity contribution in [3.8, 4) is 0 Å². The third-order valence-electron chi connectivity index (χ3n) is 3.46. The molecule has 120 valence electrons. The standard InChI is InChI=1S/C15H22N4OS2/c1-9(2)14-17-10(3)13(22-14)11(4)19(5)8-12(20)18-15-16-6-7-21-15/h6-7,9,11H,8H2,1-5H3,(H,16,18,20)/t11-/m1/s1. The van der Waals surface area contributed by atoms with Crippen LogP contribution in [0, 0.1) is 6.92 Å². The molecular formula is C15H22N4OS2. The monoisotopic (exact) mass is 338 g/mol. The van der Waals surface area contributed by atoms with Crippen LogP contribution >= 0.6 is 22.7 Å². The summed E-state index contributed by atoms with van der Waals surface area (Å²) in [5.74, 6) is 0.388. The van der Waals surface area contributed by atoms with Crippen molar-refractivity contribution in [3.05, 3.63) is 27.2 Å². The van der Waals surface area contributed by atoms with Crippen LogP contribution in [0.25, 0.3) is 0 Å². The molecular weight excluding hydrogens is 316 g/mol. The van der Waals surface area contributed by atoms with Gasteiger partial charge in [-0.05, 0) is 20.9 Å². The normalized spacial score (nSPS) is 12.9. The molecule has 0 aromatic carbocycles. The maximum Gasteiger partial charge on any atom is 0.240 e. The maximum atomic E-state index is 12.1. The second-order valence-electron chi connectivity index (χ2n) is 5.63. The Bertz CT molecular complexity index is 622. The number of aromatic nitrogens is 2. The van der Waals surface area contributed by atoms with Gasteiger partial charge in [0.1, 0.15) is 0 Å². The van der Waals surface area contributed by atoms with Gasteiger partial charge < -0.3 is 5.32 Å². The minimum atomic E-state index is -0.0458. The van der Waals surface area contributed by atoms with Gasteiger partial charge in [-0.15, -0.1) is 22.7 Å². The molecule has 1 atom stereocenters. The van der Waals surface area contributed by atoms with Crippen LogP contribution in [0.15, 0.2) is 11.6 Å². The molecule has 0 bridgehead atoms. The fourth-order valence-corrected chi connectivity index (χ4v) is 3.80. The summed E-state index contributed by atoms with van der Waals surface area (Å²) in [6.45, 7) is 8.78. The highest BCUT2D eigenvalue weighted by molar-refractivity contribution is 7.13. The molecule has 0 aliphatic heterocycles. The highest BCUT2D eigenvalue weighted by Crippen LogP contribution is 2.31. The van der Waals surface area contributed by atoms with Crippen molar-refractivity contribution >= 4 is 33.7 Å². The van der Waals surface area contributed by atoms with E-state index in [2.05, 4.69) is 36.1 Å². The topological polar surface area (TPSA) is 58.1 Å². The fraction of sp³-hybridized carbons (Fsp3) is 0.533. The van der Waals surface area contributed by atoms with E-state index in [9.17, 15) is 4.79 Å². The Labute approximate surface area is 139 Å². The quantitative estimate of drug-likeness (QED) is 0.873. The van der Waals surface area contributed by atoms with Gasteiger partial charge in [0.2, 0.25) is 5.91 Å². The van der Waals surface area contributed by atoms with Crippen molar-refractivity contribution in [2.24, 2.45) is 0 Å². The van der Waals surface area contributed by atoms with Gasteiger partial charge in [-0.3, -0.25) is 9.69 Å².